The number of amides is 2. The van der Waals surface area contributed by atoms with E-state index in [1.165, 1.54) is 11.1 Å². The summed E-state index contributed by atoms with van der Waals surface area (Å²) in [6.45, 7) is 7.86. The zero-order valence-corrected chi connectivity index (χ0v) is 17.8. The van der Waals surface area contributed by atoms with Crippen molar-refractivity contribution in [3.63, 3.8) is 0 Å². The minimum atomic E-state index is -0.614. The molecule has 29 heavy (non-hydrogen) atoms. The van der Waals surface area contributed by atoms with Gasteiger partial charge in [-0.15, -0.1) is 0 Å². The van der Waals surface area contributed by atoms with Crippen molar-refractivity contribution in [2.75, 3.05) is 6.54 Å². The number of benzene rings is 1. The van der Waals surface area contributed by atoms with E-state index in [1.54, 1.807) is 20.8 Å². The molecule has 0 radical (unpaired) electrons. The van der Waals surface area contributed by atoms with Gasteiger partial charge in [-0.25, -0.2) is 15.2 Å². The molecule has 1 atom stereocenters. The molecule has 1 saturated heterocycles. The summed E-state index contributed by atoms with van der Waals surface area (Å²) in [5.74, 6) is -0.356. The zero-order chi connectivity index (χ0) is 21.2. The summed E-state index contributed by atoms with van der Waals surface area (Å²) in [7, 11) is 0. The lowest BCUT2D eigenvalue weighted by molar-refractivity contribution is -0.125. The fourth-order valence-electron chi connectivity index (χ4n) is 3.18. The van der Waals surface area contributed by atoms with Gasteiger partial charge in [-0.2, -0.15) is 5.10 Å². The Morgan fingerprint density at radius 2 is 2.10 bits per heavy atom. The van der Waals surface area contributed by atoms with Crippen LogP contribution >= 0.6 is 11.6 Å². The van der Waals surface area contributed by atoms with E-state index in [0.717, 1.165) is 22.9 Å². The number of fused-ring (bicyclic) bond motifs is 1. The number of hydrazone groups is 1. The Kier molecular flexibility index (Phi) is 6.07. The van der Waals surface area contributed by atoms with Crippen LogP contribution in [-0.2, 0) is 9.53 Å². The van der Waals surface area contributed by atoms with Crippen molar-refractivity contribution in [2.45, 2.75) is 52.2 Å². The fraction of sp³-hybridized carbons (Fsp3) is 0.429. The molecule has 0 saturated carbocycles. The molecule has 0 aliphatic carbocycles. The lowest BCUT2D eigenvalue weighted by Gasteiger charge is -2.27. The Balaban J connectivity index is 1.67. The number of carbonyl (C=O) groups excluding carboxylic acids is 2. The number of aryl methyl sites for hydroxylation is 1. The van der Waals surface area contributed by atoms with Crippen molar-refractivity contribution in [1.82, 2.24) is 15.3 Å². The summed E-state index contributed by atoms with van der Waals surface area (Å²) in [5, 5.41) is 5.25. The van der Waals surface area contributed by atoms with E-state index in [2.05, 4.69) is 15.5 Å². The molecule has 2 heterocycles. The lowest BCUT2D eigenvalue weighted by Crippen LogP contribution is -2.46. The predicted octanol–water partition coefficient (Wildman–Crippen LogP) is 4.05. The summed E-state index contributed by atoms with van der Waals surface area (Å²) in [4.78, 5) is 30.7. The van der Waals surface area contributed by atoms with Gasteiger partial charge in [0, 0.05) is 17.5 Å². The van der Waals surface area contributed by atoms with Gasteiger partial charge in [0.2, 0.25) is 0 Å². The number of aromatic nitrogens is 1. The van der Waals surface area contributed by atoms with Crippen LogP contribution in [0.5, 0.6) is 0 Å². The maximum absolute atomic E-state index is 12.5. The molecule has 0 unspecified atom stereocenters. The number of likely N-dealkylation sites (tertiary alicyclic amines) is 1. The molecular formula is C21H25ClN4O3. The van der Waals surface area contributed by atoms with Crippen LogP contribution in [0, 0.1) is 6.92 Å². The van der Waals surface area contributed by atoms with Crippen molar-refractivity contribution in [3.8, 4) is 0 Å². The van der Waals surface area contributed by atoms with E-state index in [-0.39, 0.29) is 5.91 Å². The van der Waals surface area contributed by atoms with Gasteiger partial charge in [0.15, 0.2) is 0 Å². The minimum absolute atomic E-state index is 0.303. The summed E-state index contributed by atoms with van der Waals surface area (Å²) in [5.41, 5.74) is 4.38. The van der Waals surface area contributed by atoms with E-state index in [4.69, 9.17) is 16.3 Å². The van der Waals surface area contributed by atoms with Crippen molar-refractivity contribution in [3.05, 3.63) is 40.5 Å². The zero-order valence-electron chi connectivity index (χ0n) is 17.0. The molecule has 0 bridgehead atoms. The summed E-state index contributed by atoms with van der Waals surface area (Å²) < 4.78 is 5.38. The first kappa shape index (κ1) is 21.0. The third-order valence-electron chi connectivity index (χ3n) is 4.52. The second-order valence-corrected chi connectivity index (χ2v) is 8.49. The van der Waals surface area contributed by atoms with Gasteiger partial charge < -0.3 is 4.74 Å². The SMILES string of the molecule is Cc1ccc2cc(C=NNC(=O)[C@H]3CCCN3C(=O)OC(C)(C)C)c(Cl)nc2c1. The molecule has 8 heteroatoms. The first-order chi connectivity index (χ1) is 13.6. The van der Waals surface area contributed by atoms with Crippen LogP contribution in [0.4, 0.5) is 4.79 Å². The van der Waals surface area contributed by atoms with Crippen LogP contribution in [0.2, 0.25) is 5.15 Å². The van der Waals surface area contributed by atoms with Crippen molar-refractivity contribution in [1.29, 1.82) is 0 Å². The predicted molar refractivity (Wildman–Crippen MR) is 113 cm³/mol. The van der Waals surface area contributed by atoms with Crippen LogP contribution in [0.15, 0.2) is 29.4 Å². The van der Waals surface area contributed by atoms with E-state index >= 15 is 0 Å². The molecule has 1 N–H and O–H groups in total. The number of pyridine rings is 1. The van der Waals surface area contributed by atoms with Gasteiger partial charge in [-0.3, -0.25) is 9.69 Å². The number of halogens is 1. The largest absolute Gasteiger partial charge is 0.444 e. The van der Waals surface area contributed by atoms with Gasteiger partial charge in [0.05, 0.1) is 11.7 Å². The average molecular weight is 417 g/mol. The number of carbonyl (C=O) groups is 2. The maximum Gasteiger partial charge on any atom is 0.410 e. The van der Waals surface area contributed by atoms with E-state index in [1.807, 2.05) is 31.2 Å². The summed E-state index contributed by atoms with van der Waals surface area (Å²) >= 11 is 6.24. The maximum atomic E-state index is 12.5. The first-order valence-corrected chi connectivity index (χ1v) is 9.91. The van der Waals surface area contributed by atoms with Crippen LogP contribution in [-0.4, -0.2) is 46.3 Å². The average Bonchev–Trinajstić information content (AvgIpc) is 3.11. The Hall–Kier alpha value is -2.67. The number of hydrogen-bond donors (Lipinski definition) is 1. The van der Waals surface area contributed by atoms with Crippen molar-refractivity contribution >= 4 is 40.7 Å². The molecule has 1 aliphatic heterocycles. The second-order valence-electron chi connectivity index (χ2n) is 8.13. The standard InChI is InChI=1S/C21H25ClN4O3/c1-13-7-8-14-11-15(18(22)24-16(14)10-13)12-23-25-19(27)17-6-5-9-26(17)20(28)29-21(2,3)4/h7-8,10-12,17H,5-6,9H2,1-4H3,(H,25,27)/t17-/m1/s1. The van der Waals surface area contributed by atoms with E-state index < -0.39 is 17.7 Å². The Morgan fingerprint density at radius 1 is 1.34 bits per heavy atom. The van der Waals surface area contributed by atoms with Crippen LogP contribution < -0.4 is 5.43 Å². The molecule has 7 nitrogen and oxygen atoms in total. The van der Waals surface area contributed by atoms with Gasteiger partial charge in [-0.1, -0.05) is 23.7 Å². The van der Waals surface area contributed by atoms with Gasteiger partial charge in [0.25, 0.3) is 5.91 Å². The monoisotopic (exact) mass is 416 g/mol. The number of nitrogens with one attached hydrogen (secondary N) is 1. The second kappa shape index (κ2) is 8.37. The molecule has 1 aromatic heterocycles. The van der Waals surface area contributed by atoms with Gasteiger partial charge in [0.1, 0.15) is 16.8 Å². The third-order valence-corrected chi connectivity index (χ3v) is 4.82. The number of hydrogen-bond acceptors (Lipinski definition) is 5. The summed E-state index contributed by atoms with van der Waals surface area (Å²) in [6.07, 6.45) is 2.27. The molecule has 3 rings (SSSR count). The fourth-order valence-corrected chi connectivity index (χ4v) is 3.37. The highest BCUT2D eigenvalue weighted by Crippen LogP contribution is 2.22. The number of nitrogens with zero attached hydrogens (tertiary/aromatic N) is 3. The highest BCUT2D eigenvalue weighted by atomic mass is 35.5. The summed E-state index contributed by atoms with van der Waals surface area (Å²) in [6, 6.07) is 7.17. The molecular weight excluding hydrogens is 392 g/mol. The Bertz CT molecular complexity index is 968. The number of ether oxygens (including phenoxy) is 1. The highest BCUT2D eigenvalue weighted by molar-refractivity contribution is 6.32. The van der Waals surface area contributed by atoms with Crippen molar-refractivity contribution in [2.24, 2.45) is 5.10 Å². The van der Waals surface area contributed by atoms with E-state index in [9.17, 15) is 9.59 Å². The molecule has 1 aromatic carbocycles. The smallest absolute Gasteiger partial charge is 0.410 e. The quantitative estimate of drug-likeness (QED) is 0.464. The lowest BCUT2D eigenvalue weighted by atomic mass is 10.1. The Morgan fingerprint density at radius 3 is 2.83 bits per heavy atom. The highest BCUT2D eigenvalue weighted by Gasteiger charge is 2.36. The molecule has 2 aromatic rings. The minimum Gasteiger partial charge on any atom is -0.444 e. The van der Waals surface area contributed by atoms with Crippen molar-refractivity contribution < 1.29 is 14.3 Å². The van der Waals surface area contributed by atoms with Gasteiger partial charge >= 0.3 is 6.09 Å². The molecule has 1 fully saturated rings. The molecule has 2 amide bonds. The Labute approximate surface area is 175 Å². The van der Waals surface area contributed by atoms with E-state index in [0.29, 0.717) is 23.7 Å². The van der Waals surface area contributed by atoms with Gasteiger partial charge in [-0.05, 0) is 58.2 Å². The molecule has 0 spiro atoms. The number of rotatable bonds is 3. The normalized spacial score (nSPS) is 17.1. The van der Waals surface area contributed by atoms with Crippen LogP contribution in [0.3, 0.4) is 0 Å². The molecule has 1 aliphatic rings. The first-order valence-electron chi connectivity index (χ1n) is 9.53. The van der Waals surface area contributed by atoms with Crippen LogP contribution in [0.1, 0.15) is 44.7 Å². The van der Waals surface area contributed by atoms with Crippen LogP contribution in [0.25, 0.3) is 10.9 Å². The topological polar surface area (TPSA) is 83.9 Å². The third kappa shape index (κ3) is 5.23. The molecule has 154 valence electrons.